The highest BCUT2D eigenvalue weighted by atomic mass is 16.3. The van der Waals surface area contributed by atoms with Gasteiger partial charge in [0.15, 0.2) is 0 Å². The number of para-hydroxylation sites is 2. The normalized spacial score (nSPS) is 11.4. The van der Waals surface area contributed by atoms with Crippen LogP contribution in [0.2, 0.25) is 0 Å². The van der Waals surface area contributed by atoms with Crippen molar-refractivity contribution in [3.63, 3.8) is 0 Å². The number of fused-ring (bicyclic) bond motifs is 1. The minimum atomic E-state index is 0.894. The fourth-order valence-electron chi connectivity index (χ4n) is 2.12. The van der Waals surface area contributed by atoms with E-state index < -0.39 is 0 Å². The molecular weight excluding hydrogens is 258 g/mol. The molecule has 0 saturated heterocycles. The Bertz CT molecular complexity index is 770. The van der Waals surface area contributed by atoms with E-state index in [0.29, 0.717) is 0 Å². The van der Waals surface area contributed by atoms with Crippen LogP contribution < -0.4 is 5.32 Å². The van der Waals surface area contributed by atoms with E-state index >= 15 is 0 Å². The molecular formula is C19H16NO+. The third kappa shape index (κ3) is 3.37. The molecule has 0 bridgehead atoms. The molecule has 2 aromatic carbocycles. The van der Waals surface area contributed by atoms with Crippen LogP contribution >= 0.6 is 0 Å². The van der Waals surface area contributed by atoms with Crippen LogP contribution in [0.3, 0.4) is 0 Å². The topological polar surface area (TPSA) is 23.3 Å². The Morgan fingerprint density at radius 2 is 1.62 bits per heavy atom. The number of rotatable bonds is 4. The number of allylic oxidation sites excluding steroid dienone is 2. The third-order valence-electron chi connectivity index (χ3n) is 3.15. The molecule has 1 heterocycles. The van der Waals surface area contributed by atoms with Crippen molar-refractivity contribution in [3.05, 3.63) is 90.8 Å². The van der Waals surface area contributed by atoms with Crippen molar-refractivity contribution in [2.75, 3.05) is 5.32 Å². The molecule has 0 aliphatic rings. The van der Waals surface area contributed by atoms with Gasteiger partial charge in [-0.15, -0.1) is 0 Å². The maximum atomic E-state index is 5.47. The van der Waals surface area contributed by atoms with Crippen molar-refractivity contribution in [1.29, 1.82) is 0 Å². The fourth-order valence-corrected chi connectivity index (χ4v) is 2.12. The molecule has 0 atom stereocenters. The Hall–Kier alpha value is -2.87. The van der Waals surface area contributed by atoms with Crippen LogP contribution in [0.1, 0.15) is 5.56 Å². The molecule has 1 N–H and O–H groups in total. The highest BCUT2D eigenvalue weighted by Crippen LogP contribution is 2.19. The summed E-state index contributed by atoms with van der Waals surface area (Å²) in [5, 5.41) is 4.33. The van der Waals surface area contributed by atoms with Gasteiger partial charge in [-0.25, -0.2) is 4.42 Å². The Labute approximate surface area is 124 Å². The van der Waals surface area contributed by atoms with E-state index in [0.717, 1.165) is 22.2 Å². The van der Waals surface area contributed by atoms with E-state index in [1.54, 1.807) is 6.26 Å². The first-order valence-electron chi connectivity index (χ1n) is 6.88. The van der Waals surface area contributed by atoms with Crippen LogP contribution in [0, 0.1) is 0 Å². The predicted molar refractivity (Wildman–Crippen MR) is 88.9 cm³/mol. The summed E-state index contributed by atoms with van der Waals surface area (Å²) in [6.45, 7) is 0. The highest BCUT2D eigenvalue weighted by Gasteiger charge is 2.06. The van der Waals surface area contributed by atoms with Gasteiger partial charge in [-0.3, -0.25) is 0 Å². The summed E-state index contributed by atoms with van der Waals surface area (Å²) in [6.07, 6.45) is 9.69. The number of benzene rings is 2. The molecule has 3 rings (SSSR count). The number of nitrogens with one attached hydrogen (secondary N) is 1. The van der Waals surface area contributed by atoms with Gasteiger partial charge in [0.25, 0.3) is 0 Å². The lowest BCUT2D eigenvalue weighted by atomic mass is 10.1. The van der Waals surface area contributed by atoms with Gasteiger partial charge in [-0.2, -0.15) is 0 Å². The third-order valence-corrected chi connectivity index (χ3v) is 3.15. The molecule has 2 heteroatoms. The lowest BCUT2D eigenvalue weighted by molar-refractivity contribution is 0.603. The van der Waals surface area contributed by atoms with Gasteiger partial charge >= 0.3 is 11.8 Å². The zero-order chi connectivity index (χ0) is 14.3. The molecule has 0 spiro atoms. The smallest absolute Gasteiger partial charge is 0.360 e. The number of hydrogen-bond donors (Lipinski definition) is 1. The lowest BCUT2D eigenvalue weighted by Crippen LogP contribution is -1.84. The first kappa shape index (κ1) is 13.1. The maximum Gasteiger partial charge on any atom is 0.360 e. The Kier molecular flexibility index (Phi) is 4.08. The van der Waals surface area contributed by atoms with Crippen LogP contribution in [-0.2, 0) is 0 Å². The Morgan fingerprint density at radius 3 is 2.52 bits per heavy atom. The number of hydrogen-bond acceptors (Lipinski definition) is 1. The first-order chi connectivity index (χ1) is 10.4. The van der Waals surface area contributed by atoms with E-state index in [2.05, 4.69) is 17.5 Å². The molecule has 1 aromatic heterocycles. The molecule has 21 heavy (non-hydrogen) atoms. The monoisotopic (exact) mass is 274 g/mol. The summed E-state index contributed by atoms with van der Waals surface area (Å²) in [4.78, 5) is 0. The lowest BCUT2D eigenvalue weighted by Gasteiger charge is -1.97. The van der Waals surface area contributed by atoms with Gasteiger partial charge in [0.05, 0.1) is 5.39 Å². The molecule has 0 amide bonds. The maximum absolute atomic E-state index is 5.47. The van der Waals surface area contributed by atoms with E-state index in [4.69, 9.17) is 4.42 Å². The van der Waals surface area contributed by atoms with E-state index in [-0.39, 0.29) is 0 Å². The van der Waals surface area contributed by atoms with Crippen molar-refractivity contribution < 1.29 is 4.42 Å². The Morgan fingerprint density at radius 1 is 0.810 bits per heavy atom. The molecule has 0 unspecified atom stereocenters. The summed E-state index contributed by atoms with van der Waals surface area (Å²) in [6, 6.07) is 20.1. The van der Waals surface area contributed by atoms with Crippen molar-refractivity contribution >= 4 is 22.7 Å². The van der Waals surface area contributed by atoms with Gasteiger partial charge in [-0.05, 0) is 29.8 Å². The molecule has 0 saturated carbocycles. The Balaban J connectivity index is 1.71. The van der Waals surface area contributed by atoms with Crippen LogP contribution in [-0.4, -0.2) is 0 Å². The second-order valence-corrected chi connectivity index (χ2v) is 4.60. The zero-order valence-electron chi connectivity index (χ0n) is 11.6. The van der Waals surface area contributed by atoms with Crippen LogP contribution in [0.25, 0.3) is 17.0 Å². The molecule has 2 nitrogen and oxygen atoms in total. The van der Waals surface area contributed by atoms with Gasteiger partial charge in [0, 0.05) is 24.0 Å². The highest BCUT2D eigenvalue weighted by molar-refractivity contribution is 5.86. The van der Waals surface area contributed by atoms with Gasteiger partial charge in [0.1, 0.15) is 0 Å². The van der Waals surface area contributed by atoms with Crippen molar-refractivity contribution in [2.24, 2.45) is 0 Å². The van der Waals surface area contributed by atoms with Gasteiger partial charge in [0.2, 0.25) is 0 Å². The SMILES string of the molecule is C(C=Cc1cc[o+]c2ccccc12)=CNc1ccccc1. The summed E-state index contributed by atoms with van der Waals surface area (Å²) >= 11 is 0. The van der Waals surface area contributed by atoms with Crippen molar-refractivity contribution in [1.82, 2.24) is 0 Å². The second-order valence-electron chi connectivity index (χ2n) is 4.60. The number of anilines is 1. The van der Waals surface area contributed by atoms with E-state index in [1.807, 2.05) is 72.9 Å². The second kappa shape index (κ2) is 6.53. The van der Waals surface area contributed by atoms with Crippen LogP contribution in [0.5, 0.6) is 0 Å². The molecule has 0 aliphatic carbocycles. The molecule has 0 fully saturated rings. The molecule has 102 valence electrons. The molecule has 0 aliphatic heterocycles. The minimum Gasteiger partial charge on any atom is -0.362 e. The largest absolute Gasteiger partial charge is 0.362 e. The predicted octanol–water partition coefficient (Wildman–Crippen LogP) is 5.35. The van der Waals surface area contributed by atoms with Crippen molar-refractivity contribution in [2.45, 2.75) is 0 Å². The quantitative estimate of drug-likeness (QED) is 0.512. The summed E-state index contributed by atoms with van der Waals surface area (Å²) in [5.74, 6) is 0. The summed E-state index contributed by atoms with van der Waals surface area (Å²) in [7, 11) is 0. The minimum absolute atomic E-state index is 0.894. The molecule has 0 radical (unpaired) electrons. The van der Waals surface area contributed by atoms with E-state index in [9.17, 15) is 0 Å². The van der Waals surface area contributed by atoms with Crippen LogP contribution in [0.4, 0.5) is 5.69 Å². The summed E-state index contributed by atoms with van der Waals surface area (Å²) in [5.41, 5.74) is 3.11. The van der Waals surface area contributed by atoms with Gasteiger partial charge < -0.3 is 5.32 Å². The first-order valence-corrected chi connectivity index (χ1v) is 6.88. The van der Waals surface area contributed by atoms with E-state index in [1.165, 1.54) is 0 Å². The van der Waals surface area contributed by atoms with Crippen molar-refractivity contribution in [3.8, 4) is 0 Å². The van der Waals surface area contributed by atoms with Crippen LogP contribution in [0.15, 0.2) is 89.7 Å². The average Bonchev–Trinajstić information content (AvgIpc) is 2.56. The fraction of sp³-hybridized carbons (Fsp3) is 0. The zero-order valence-corrected chi connectivity index (χ0v) is 11.6. The summed E-state index contributed by atoms with van der Waals surface area (Å²) < 4.78 is 5.47. The molecule has 3 aromatic rings. The standard InChI is InChI=1S/C19H16NO/c1-2-9-17(10-3-1)20-14-7-6-8-16-13-15-21-19-12-5-4-11-18(16)19/h1-15,20H/q+1. The van der Waals surface area contributed by atoms with Gasteiger partial charge in [-0.1, -0.05) is 42.5 Å². The average molecular weight is 274 g/mol.